The summed E-state index contributed by atoms with van der Waals surface area (Å²) >= 11 is 0. The van der Waals surface area contributed by atoms with Gasteiger partial charge in [0.2, 0.25) is 5.91 Å². The lowest BCUT2D eigenvalue weighted by Crippen LogP contribution is -2.32. The minimum atomic E-state index is -0.192. The summed E-state index contributed by atoms with van der Waals surface area (Å²) in [5, 5.41) is 3.03. The molecule has 0 unspecified atom stereocenters. The normalized spacial score (nSPS) is 11.9. The van der Waals surface area contributed by atoms with Crippen LogP contribution in [0.5, 0.6) is 0 Å². The second kappa shape index (κ2) is 7.55. The average Bonchev–Trinajstić information content (AvgIpc) is 2.52. The Kier molecular flexibility index (Phi) is 5.46. The highest BCUT2D eigenvalue weighted by Crippen LogP contribution is 2.24. The van der Waals surface area contributed by atoms with Crippen LogP contribution in [-0.4, -0.2) is 24.1 Å². The van der Waals surface area contributed by atoms with Crippen molar-refractivity contribution in [1.82, 2.24) is 10.3 Å². The van der Waals surface area contributed by atoms with Gasteiger partial charge < -0.3 is 10.1 Å². The highest BCUT2D eigenvalue weighted by molar-refractivity contribution is 5.78. The van der Waals surface area contributed by atoms with Crippen LogP contribution >= 0.6 is 0 Å². The van der Waals surface area contributed by atoms with Gasteiger partial charge in [0.25, 0.3) is 0 Å². The Hall–Kier alpha value is -2.20. The number of carbonyl (C=O) groups excluding carboxylic acids is 1. The fraction of sp³-hybridized carbons (Fsp3) is 0.294. The van der Waals surface area contributed by atoms with Gasteiger partial charge in [-0.3, -0.25) is 9.78 Å². The Balaban J connectivity index is 2.27. The summed E-state index contributed by atoms with van der Waals surface area (Å²) in [5.41, 5.74) is 3.22. The fourth-order valence-electron chi connectivity index (χ4n) is 2.20. The number of carbonyl (C=O) groups is 1. The van der Waals surface area contributed by atoms with Crippen LogP contribution in [0.15, 0.2) is 48.8 Å². The van der Waals surface area contributed by atoms with Gasteiger partial charge in [0, 0.05) is 19.0 Å². The summed E-state index contributed by atoms with van der Waals surface area (Å²) in [6.45, 7) is 4.51. The topological polar surface area (TPSA) is 51.2 Å². The molecule has 0 radical (unpaired) electrons. The quantitative estimate of drug-likeness (QED) is 0.887. The summed E-state index contributed by atoms with van der Waals surface area (Å²) in [5.74, 6) is -0.123. The van der Waals surface area contributed by atoms with E-state index >= 15 is 0 Å². The van der Waals surface area contributed by atoms with Crippen LogP contribution in [0.1, 0.15) is 29.7 Å². The van der Waals surface area contributed by atoms with Crippen LogP contribution < -0.4 is 5.32 Å². The molecule has 2 aromatic rings. The van der Waals surface area contributed by atoms with Gasteiger partial charge in [-0.15, -0.1) is 0 Å². The highest BCUT2D eigenvalue weighted by atomic mass is 16.5. The zero-order valence-corrected chi connectivity index (χ0v) is 12.4. The van der Waals surface area contributed by atoms with Crippen LogP contribution in [0.4, 0.5) is 0 Å². The molecule has 4 heteroatoms. The van der Waals surface area contributed by atoms with Crippen molar-refractivity contribution in [3.8, 4) is 0 Å². The summed E-state index contributed by atoms with van der Waals surface area (Å²) in [6, 6.07) is 11.7. The first-order valence-electron chi connectivity index (χ1n) is 7.05. The second-order valence-corrected chi connectivity index (χ2v) is 4.77. The van der Waals surface area contributed by atoms with Gasteiger partial charge in [0.05, 0.1) is 6.04 Å². The van der Waals surface area contributed by atoms with Gasteiger partial charge in [0.15, 0.2) is 0 Å². The molecule has 0 fully saturated rings. The number of ether oxygens (including phenoxy) is 1. The average molecular weight is 284 g/mol. The van der Waals surface area contributed by atoms with Crippen LogP contribution in [-0.2, 0) is 9.53 Å². The molecule has 0 aliphatic rings. The standard InChI is InChI=1S/C17H20N2O2/c1-3-21-12-16(20)19-17(14-8-10-18-11-9-14)15-7-5-4-6-13(15)2/h4-11,17H,3,12H2,1-2H3,(H,19,20)/t17-/m0/s1. The molecule has 1 aromatic carbocycles. The lowest BCUT2D eigenvalue weighted by atomic mass is 9.95. The van der Waals surface area contributed by atoms with E-state index in [0.717, 1.165) is 16.7 Å². The van der Waals surface area contributed by atoms with Crippen LogP contribution in [0.3, 0.4) is 0 Å². The van der Waals surface area contributed by atoms with Gasteiger partial charge in [-0.2, -0.15) is 0 Å². The maximum Gasteiger partial charge on any atom is 0.246 e. The Labute approximate surface area is 125 Å². The molecule has 1 aromatic heterocycles. The Morgan fingerprint density at radius 1 is 1.24 bits per heavy atom. The number of hydrogen-bond acceptors (Lipinski definition) is 3. The number of hydrogen-bond donors (Lipinski definition) is 1. The number of rotatable bonds is 6. The predicted molar refractivity (Wildman–Crippen MR) is 81.9 cm³/mol. The predicted octanol–water partition coefficient (Wildman–Crippen LogP) is 2.63. The van der Waals surface area contributed by atoms with E-state index in [1.54, 1.807) is 12.4 Å². The molecular formula is C17H20N2O2. The monoisotopic (exact) mass is 284 g/mol. The summed E-state index contributed by atoms with van der Waals surface area (Å²) in [6.07, 6.45) is 3.46. The van der Waals surface area contributed by atoms with E-state index in [1.807, 2.05) is 50.2 Å². The molecule has 1 N–H and O–H groups in total. The molecule has 0 spiro atoms. The molecule has 1 amide bonds. The van der Waals surface area contributed by atoms with Crippen molar-refractivity contribution in [2.45, 2.75) is 19.9 Å². The second-order valence-electron chi connectivity index (χ2n) is 4.77. The molecular weight excluding hydrogens is 264 g/mol. The van der Waals surface area contributed by atoms with E-state index in [1.165, 1.54) is 0 Å². The number of benzene rings is 1. The summed E-state index contributed by atoms with van der Waals surface area (Å²) in [7, 11) is 0. The molecule has 110 valence electrons. The molecule has 0 aliphatic heterocycles. The Morgan fingerprint density at radius 2 is 1.95 bits per heavy atom. The van der Waals surface area contributed by atoms with Crippen LogP contribution in [0.25, 0.3) is 0 Å². The van der Waals surface area contributed by atoms with Crippen molar-refractivity contribution >= 4 is 5.91 Å². The molecule has 21 heavy (non-hydrogen) atoms. The third-order valence-corrected chi connectivity index (χ3v) is 3.28. The molecule has 0 bridgehead atoms. The van der Waals surface area contributed by atoms with Crippen molar-refractivity contribution in [3.63, 3.8) is 0 Å². The van der Waals surface area contributed by atoms with Gasteiger partial charge in [-0.25, -0.2) is 0 Å². The van der Waals surface area contributed by atoms with Gasteiger partial charge in [0.1, 0.15) is 6.61 Å². The first-order chi connectivity index (χ1) is 10.2. The zero-order valence-electron chi connectivity index (χ0n) is 12.4. The SMILES string of the molecule is CCOCC(=O)N[C@@H](c1ccncc1)c1ccccc1C. The molecule has 0 aliphatic carbocycles. The largest absolute Gasteiger partial charge is 0.372 e. The van der Waals surface area contributed by atoms with Gasteiger partial charge in [-0.1, -0.05) is 24.3 Å². The Bertz CT molecular complexity index is 584. The number of amides is 1. The highest BCUT2D eigenvalue weighted by Gasteiger charge is 2.18. The minimum Gasteiger partial charge on any atom is -0.372 e. The fourth-order valence-corrected chi connectivity index (χ4v) is 2.20. The number of aromatic nitrogens is 1. The smallest absolute Gasteiger partial charge is 0.246 e. The third-order valence-electron chi connectivity index (χ3n) is 3.28. The number of nitrogens with zero attached hydrogens (tertiary/aromatic N) is 1. The van der Waals surface area contributed by atoms with E-state index in [2.05, 4.69) is 10.3 Å². The van der Waals surface area contributed by atoms with Crippen molar-refractivity contribution in [2.75, 3.05) is 13.2 Å². The lowest BCUT2D eigenvalue weighted by molar-refractivity contribution is -0.126. The maximum absolute atomic E-state index is 12.0. The van der Waals surface area contributed by atoms with Crippen LogP contribution in [0.2, 0.25) is 0 Å². The number of pyridine rings is 1. The maximum atomic E-state index is 12.0. The first-order valence-corrected chi connectivity index (χ1v) is 7.05. The molecule has 1 heterocycles. The molecule has 1 atom stereocenters. The van der Waals surface area contributed by atoms with Gasteiger partial charge >= 0.3 is 0 Å². The molecule has 4 nitrogen and oxygen atoms in total. The van der Waals surface area contributed by atoms with Crippen molar-refractivity contribution in [1.29, 1.82) is 0 Å². The lowest BCUT2D eigenvalue weighted by Gasteiger charge is -2.21. The summed E-state index contributed by atoms with van der Waals surface area (Å²) in [4.78, 5) is 16.1. The van der Waals surface area contributed by atoms with Crippen molar-refractivity contribution in [3.05, 3.63) is 65.5 Å². The van der Waals surface area contributed by atoms with E-state index in [0.29, 0.717) is 6.61 Å². The zero-order chi connectivity index (χ0) is 15.1. The van der Waals surface area contributed by atoms with E-state index in [-0.39, 0.29) is 18.6 Å². The minimum absolute atomic E-state index is 0.0734. The third kappa shape index (κ3) is 4.13. The summed E-state index contributed by atoms with van der Waals surface area (Å²) < 4.78 is 5.17. The van der Waals surface area contributed by atoms with Crippen LogP contribution in [0, 0.1) is 6.92 Å². The van der Waals surface area contributed by atoms with E-state index in [9.17, 15) is 4.79 Å². The van der Waals surface area contributed by atoms with Crippen molar-refractivity contribution < 1.29 is 9.53 Å². The molecule has 0 saturated carbocycles. The first kappa shape index (κ1) is 15.2. The molecule has 0 saturated heterocycles. The van der Waals surface area contributed by atoms with Crippen molar-refractivity contribution in [2.24, 2.45) is 0 Å². The van der Waals surface area contributed by atoms with Gasteiger partial charge in [-0.05, 0) is 42.7 Å². The Morgan fingerprint density at radius 3 is 2.62 bits per heavy atom. The molecule has 2 rings (SSSR count). The van der Waals surface area contributed by atoms with E-state index < -0.39 is 0 Å². The number of aryl methyl sites for hydroxylation is 1. The van der Waals surface area contributed by atoms with E-state index in [4.69, 9.17) is 4.74 Å². The number of nitrogens with one attached hydrogen (secondary N) is 1.